The van der Waals surface area contributed by atoms with Crippen molar-refractivity contribution < 1.29 is 14.3 Å². The highest BCUT2D eigenvalue weighted by Crippen LogP contribution is 2.38. The van der Waals surface area contributed by atoms with E-state index in [-0.39, 0.29) is 11.7 Å². The van der Waals surface area contributed by atoms with Crippen LogP contribution in [-0.2, 0) is 6.42 Å². The number of rotatable bonds is 4. The monoisotopic (exact) mass is 414 g/mol. The van der Waals surface area contributed by atoms with Gasteiger partial charge in [0.2, 0.25) is 0 Å². The first-order chi connectivity index (χ1) is 15.1. The Morgan fingerprint density at radius 2 is 1.81 bits per heavy atom. The van der Waals surface area contributed by atoms with Gasteiger partial charge in [0, 0.05) is 30.2 Å². The summed E-state index contributed by atoms with van der Waals surface area (Å²) in [6.45, 7) is 2.04. The van der Waals surface area contributed by atoms with Gasteiger partial charge >= 0.3 is 0 Å². The van der Waals surface area contributed by atoms with E-state index in [0.29, 0.717) is 35.8 Å². The smallest absolute Gasteiger partial charge is 0.252 e. The molecule has 4 aromatic rings. The number of ether oxygens (including phenoxy) is 2. The van der Waals surface area contributed by atoms with Gasteiger partial charge in [-0.1, -0.05) is 35.9 Å². The zero-order valence-electron chi connectivity index (χ0n) is 17.6. The molecule has 0 radical (unpaired) electrons. The summed E-state index contributed by atoms with van der Waals surface area (Å²) in [4.78, 5) is 22.3. The number of carbonyl (C=O) groups excluding carboxylic acids is 1. The lowest BCUT2D eigenvalue weighted by atomic mass is 9.82. The van der Waals surface area contributed by atoms with Crippen LogP contribution in [0.1, 0.15) is 39.5 Å². The van der Waals surface area contributed by atoms with Crippen LogP contribution < -0.4 is 9.47 Å². The number of hydrogen-bond donors (Lipinski definition) is 0. The highest BCUT2D eigenvalue weighted by atomic mass is 16.5. The summed E-state index contributed by atoms with van der Waals surface area (Å²) in [5.74, 6) is 2.54. The molecule has 1 aliphatic rings. The van der Waals surface area contributed by atoms with Crippen molar-refractivity contribution >= 4 is 11.6 Å². The van der Waals surface area contributed by atoms with E-state index in [9.17, 15) is 4.79 Å². The molecule has 31 heavy (non-hydrogen) atoms. The zero-order valence-corrected chi connectivity index (χ0v) is 17.6. The van der Waals surface area contributed by atoms with E-state index >= 15 is 0 Å². The molecule has 5 rings (SSSR count). The highest BCUT2D eigenvalue weighted by molar-refractivity contribution is 5.98. The fourth-order valence-corrected chi connectivity index (χ4v) is 4.08. The molecule has 2 heterocycles. The van der Waals surface area contributed by atoms with Crippen LogP contribution in [0.3, 0.4) is 0 Å². The molecule has 2 aromatic heterocycles. The Labute approximate surface area is 179 Å². The lowest BCUT2D eigenvalue weighted by molar-refractivity contribution is 0.0962. The van der Waals surface area contributed by atoms with Crippen LogP contribution in [0.25, 0.3) is 17.2 Å². The Bertz CT molecular complexity index is 1290. The van der Waals surface area contributed by atoms with Gasteiger partial charge in [-0.05, 0) is 25.0 Å². The van der Waals surface area contributed by atoms with Gasteiger partial charge in [-0.3, -0.25) is 4.79 Å². The summed E-state index contributed by atoms with van der Waals surface area (Å²) in [5.41, 5.74) is 4.42. The molecule has 0 bridgehead atoms. The van der Waals surface area contributed by atoms with E-state index in [1.807, 2.05) is 49.4 Å². The number of nitrogens with zero attached hydrogens (tertiary/aromatic N) is 4. The van der Waals surface area contributed by atoms with Crippen molar-refractivity contribution in [1.29, 1.82) is 0 Å². The standard InChI is InChI=1S/C24H22N4O3/c1-14-4-6-15(7-5-14)23-26-24-25-20-10-16(11-21(29)19(20)13-28(24)27-23)18-9-8-17(30-2)12-22(18)31-3/h4-9,12-13,16H,10-11H2,1-3H3. The van der Waals surface area contributed by atoms with E-state index < -0.39 is 0 Å². The van der Waals surface area contributed by atoms with Crippen molar-refractivity contribution in [3.05, 3.63) is 71.0 Å². The van der Waals surface area contributed by atoms with Gasteiger partial charge in [-0.2, -0.15) is 4.98 Å². The summed E-state index contributed by atoms with van der Waals surface area (Å²) in [6, 6.07) is 13.7. The van der Waals surface area contributed by atoms with Gasteiger partial charge in [-0.25, -0.2) is 9.50 Å². The summed E-state index contributed by atoms with van der Waals surface area (Å²) in [7, 11) is 3.24. The van der Waals surface area contributed by atoms with E-state index in [1.54, 1.807) is 24.9 Å². The summed E-state index contributed by atoms with van der Waals surface area (Å²) >= 11 is 0. The molecule has 156 valence electrons. The normalized spacial score (nSPS) is 15.7. The third-order valence-electron chi connectivity index (χ3n) is 5.77. The topological polar surface area (TPSA) is 78.6 Å². The fraction of sp³-hybridized carbons (Fsp3) is 0.250. The molecule has 0 saturated carbocycles. The summed E-state index contributed by atoms with van der Waals surface area (Å²) in [6.07, 6.45) is 2.78. The second kappa shape index (κ2) is 7.50. The highest BCUT2D eigenvalue weighted by Gasteiger charge is 2.30. The maximum absolute atomic E-state index is 13.0. The van der Waals surface area contributed by atoms with Crippen LogP contribution in [0.4, 0.5) is 0 Å². The number of aromatic nitrogens is 4. The third-order valence-corrected chi connectivity index (χ3v) is 5.77. The first-order valence-corrected chi connectivity index (χ1v) is 10.1. The quantitative estimate of drug-likeness (QED) is 0.502. The summed E-state index contributed by atoms with van der Waals surface area (Å²) < 4.78 is 12.4. The molecule has 1 aliphatic carbocycles. The molecule has 1 atom stereocenters. The number of fused-ring (bicyclic) bond motifs is 2. The average Bonchev–Trinajstić information content (AvgIpc) is 3.20. The van der Waals surface area contributed by atoms with Crippen LogP contribution in [0.5, 0.6) is 11.5 Å². The molecular weight excluding hydrogens is 392 g/mol. The van der Waals surface area contributed by atoms with Crippen LogP contribution >= 0.6 is 0 Å². The lowest BCUT2D eigenvalue weighted by Gasteiger charge is -2.24. The van der Waals surface area contributed by atoms with Gasteiger partial charge < -0.3 is 9.47 Å². The SMILES string of the molecule is COc1ccc(C2CC(=O)c3cn4nc(-c5ccc(C)cc5)nc4nc3C2)c(OC)c1. The number of hydrogen-bond acceptors (Lipinski definition) is 6. The number of carbonyl (C=O) groups is 1. The summed E-state index contributed by atoms with van der Waals surface area (Å²) in [5, 5.41) is 4.54. The van der Waals surface area contributed by atoms with Crippen LogP contribution in [0.2, 0.25) is 0 Å². The molecule has 0 aliphatic heterocycles. The number of aryl methyl sites for hydroxylation is 1. The number of methoxy groups -OCH3 is 2. The molecule has 7 heteroatoms. The first-order valence-electron chi connectivity index (χ1n) is 10.1. The van der Waals surface area contributed by atoms with Gasteiger partial charge in [-0.15, -0.1) is 5.10 Å². The van der Waals surface area contributed by atoms with Crippen molar-refractivity contribution in [2.24, 2.45) is 0 Å². The predicted molar refractivity (Wildman–Crippen MR) is 116 cm³/mol. The Morgan fingerprint density at radius 1 is 1.00 bits per heavy atom. The van der Waals surface area contributed by atoms with Crippen molar-refractivity contribution in [2.75, 3.05) is 14.2 Å². The van der Waals surface area contributed by atoms with Crippen molar-refractivity contribution in [3.63, 3.8) is 0 Å². The van der Waals surface area contributed by atoms with Crippen LogP contribution in [-0.4, -0.2) is 39.6 Å². The molecule has 0 N–H and O–H groups in total. The molecule has 0 saturated heterocycles. The van der Waals surface area contributed by atoms with Crippen molar-refractivity contribution in [3.8, 4) is 22.9 Å². The van der Waals surface area contributed by atoms with E-state index in [1.165, 1.54) is 5.56 Å². The minimum absolute atomic E-state index is 0.0182. The second-order valence-electron chi connectivity index (χ2n) is 7.78. The van der Waals surface area contributed by atoms with Crippen LogP contribution in [0.15, 0.2) is 48.7 Å². The Kier molecular flexibility index (Phi) is 4.66. The zero-order chi connectivity index (χ0) is 21.5. The van der Waals surface area contributed by atoms with E-state index in [0.717, 1.165) is 22.6 Å². The predicted octanol–water partition coefficient (Wildman–Crippen LogP) is 4.03. The maximum atomic E-state index is 13.0. The second-order valence-corrected chi connectivity index (χ2v) is 7.78. The van der Waals surface area contributed by atoms with Gasteiger partial charge in [0.25, 0.3) is 5.78 Å². The third kappa shape index (κ3) is 3.42. The molecule has 0 amide bonds. The van der Waals surface area contributed by atoms with Gasteiger partial charge in [0.1, 0.15) is 11.5 Å². The van der Waals surface area contributed by atoms with Crippen molar-refractivity contribution in [1.82, 2.24) is 19.6 Å². The molecule has 2 aromatic carbocycles. The van der Waals surface area contributed by atoms with Crippen molar-refractivity contribution in [2.45, 2.75) is 25.7 Å². The van der Waals surface area contributed by atoms with Gasteiger partial charge in [0.15, 0.2) is 11.6 Å². The molecule has 1 unspecified atom stereocenters. The largest absolute Gasteiger partial charge is 0.497 e. The lowest BCUT2D eigenvalue weighted by Crippen LogP contribution is -2.21. The Balaban J connectivity index is 1.52. The first kappa shape index (κ1) is 19.2. The molecule has 0 spiro atoms. The minimum Gasteiger partial charge on any atom is -0.497 e. The maximum Gasteiger partial charge on any atom is 0.252 e. The average molecular weight is 414 g/mol. The number of benzene rings is 2. The number of ketones is 1. The molecule has 7 nitrogen and oxygen atoms in total. The minimum atomic E-state index is -0.0182. The Hall–Kier alpha value is -3.74. The van der Waals surface area contributed by atoms with E-state index in [2.05, 4.69) is 10.1 Å². The van der Waals surface area contributed by atoms with E-state index in [4.69, 9.17) is 14.5 Å². The Morgan fingerprint density at radius 3 is 2.55 bits per heavy atom. The van der Waals surface area contributed by atoms with Crippen LogP contribution in [0, 0.1) is 6.92 Å². The molecular formula is C24H22N4O3. The number of Topliss-reactive ketones (excluding diaryl/α,β-unsaturated/α-hetero) is 1. The fourth-order valence-electron chi connectivity index (χ4n) is 4.08. The van der Waals surface area contributed by atoms with Gasteiger partial charge in [0.05, 0.1) is 25.5 Å². The molecule has 0 fully saturated rings.